The van der Waals surface area contributed by atoms with Crippen LogP contribution >= 0.6 is 7.75 Å². The van der Waals surface area contributed by atoms with Crippen molar-refractivity contribution in [2.24, 2.45) is 5.92 Å². The van der Waals surface area contributed by atoms with Gasteiger partial charge in [-0.3, -0.25) is 23.7 Å². The van der Waals surface area contributed by atoms with Crippen LogP contribution in [0, 0.1) is 5.92 Å². The van der Waals surface area contributed by atoms with Gasteiger partial charge in [-0.2, -0.15) is 5.09 Å². The molecular weight excluding hydrogens is 512 g/mol. The van der Waals surface area contributed by atoms with Crippen LogP contribution in [0.1, 0.15) is 36.7 Å². The van der Waals surface area contributed by atoms with Gasteiger partial charge in [-0.15, -0.1) is 0 Å². The zero-order valence-electron chi connectivity index (χ0n) is 22.7. The third-order valence-electron chi connectivity index (χ3n) is 5.32. The van der Waals surface area contributed by atoms with Gasteiger partial charge in [0.05, 0.1) is 16.0 Å². The van der Waals surface area contributed by atoms with E-state index in [1.807, 2.05) is 13.8 Å². The minimum Gasteiger partial charge on any atom is -0.464 e. The van der Waals surface area contributed by atoms with Gasteiger partial charge in [0.15, 0.2) is 11.9 Å². The molecule has 0 aliphatic carbocycles. The summed E-state index contributed by atoms with van der Waals surface area (Å²) in [6.07, 6.45) is -6.38. The number of aromatic amines is 1. The van der Waals surface area contributed by atoms with Crippen molar-refractivity contribution in [3.63, 3.8) is 0 Å². The number of hydrogen-bond acceptors (Lipinski definition) is 9. The summed E-state index contributed by atoms with van der Waals surface area (Å²) in [6.45, 7) is 5.32. The summed E-state index contributed by atoms with van der Waals surface area (Å²) in [4.78, 5) is 38.1. The molecule has 0 radical (unpaired) electrons. The predicted octanol–water partition coefficient (Wildman–Crippen LogP) is 1.90. The van der Waals surface area contributed by atoms with Crippen molar-refractivity contribution in [3.8, 4) is 5.75 Å². The lowest BCUT2D eigenvalue weighted by molar-refractivity contribution is -0.146. The molecule has 1 fully saturated rings. The topological polar surface area (TPSA) is 158 Å². The fraction of sp³-hybridized carbons (Fsp3) is 0.522. The van der Waals surface area contributed by atoms with Crippen molar-refractivity contribution >= 4 is 13.7 Å². The zero-order chi connectivity index (χ0) is 29.1. The van der Waals surface area contributed by atoms with Gasteiger partial charge in [0, 0.05) is 12.2 Å². The number of ether oxygens (including phenoxy) is 2. The van der Waals surface area contributed by atoms with E-state index in [-0.39, 0.29) is 18.3 Å². The molecule has 0 spiro atoms. The van der Waals surface area contributed by atoms with E-state index in [2.05, 4.69) is 5.09 Å². The Bertz CT molecular complexity index is 1340. The average Bonchev–Trinajstić information content (AvgIpc) is 3.08. The van der Waals surface area contributed by atoms with Gasteiger partial charge in [0.2, 0.25) is 0 Å². The molecule has 204 valence electrons. The number of carbonyl (C=O) groups excluding carboxylic acids is 1. The molecule has 6 atom stereocenters. The lowest BCUT2D eigenvalue weighted by Gasteiger charge is -2.25. The van der Waals surface area contributed by atoms with Gasteiger partial charge in [-0.1, -0.05) is 32.0 Å². The van der Waals surface area contributed by atoms with Crippen LogP contribution in [0.5, 0.6) is 5.75 Å². The largest absolute Gasteiger partial charge is 0.464 e. The first kappa shape index (κ1) is 25.8. The maximum atomic E-state index is 15.6. The normalized spacial score (nSPS) is 26.7. The Kier molecular flexibility index (Phi) is 8.16. The minimum atomic E-state index is -4.39. The molecule has 3 rings (SSSR count). The summed E-state index contributed by atoms with van der Waals surface area (Å²) in [5.41, 5.74) is -5.08. The average molecular weight is 545 g/mol. The number of carbonyl (C=O) groups is 1. The summed E-state index contributed by atoms with van der Waals surface area (Å²) in [5, 5.41) is 13.1. The standard InChI is InChI=1S/C23H31FN3O9P/c1-14(2)12-33-20(30)15(3)26-37(32,36-16-8-6-5-7-9-16)34-13-17-19(29)23(4,24)21(35-17)27-11-10-18(28)25-22(27)31/h5-11,14-15,17,19,21,29H,12-13H2,1-4H3,(H,26,32)(H,25,28,31)/t15?,17-,19-,21-,23-,37?/m1/s1/i10D,11D. The first-order chi connectivity index (χ1) is 18.2. The number of H-pyrrole nitrogens is 1. The summed E-state index contributed by atoms with van der Waals surface area (Å²) in [7, 11) is -4.39. The molecule has 1 aromatic heterocycles. The second-order valence-corrected chi connectivity index (χ2v) is 10.8. The number of aliphatic hydroxyl groups excluding tert-OH is 1. The van der Waals surface area contributed by atoms with Crippen LogP contribution in [0.4, 0.5) is 4.39 Å². The molecule has 0 amide bonds. The van der Waals surface area contributed by atoms with Crippen LogP contribution in [0.25, 0.3) is 0 Å². The molecule has 2 heterocycles. The molecule has 12 nitrogen and oxygen atoms in total. The molecule has 1 aliphatic heterocycles. The number of aromatic nitrogens is 2. The van der Waals surface area contributed by atoms with Gasteiger partial charge in [0.25, 0.3) is 5.56 Å². The third-order valence-corrected chi connectivity index (χ3v) is 6.97. The Morgan fingerprint density at radius 3 is 2.68 bits per heavy atom. The van der Waals surface area contributed by atoms with E-state index in [4.69, 9.17) is 21.3 Å². The van der Waals surface area contributed by atoms with Crippen molar-refractivity contribution in [2.75, 3.05) is 13.2 Å². The summed E-state index contributed by atoms with van der Waals surface area (Å²) >= 11 is 0. The van der Waals surface area contributed by atoms with E-state index in [1.165, 1.54) is 19.1 Å². The van der Waals surface area contributed by atoms with Gasteiger partial charge in [-0.25, -0.2) is 13.8 Å². The molecule has 1 aliphatic rings. The number of rotatable bonds is 11. The number of para-hydroxylation sites is 1. The minimum absolute atomic E-state index is 0.0547. The molecule has 2 unspecified atom stereocenters. The van der Waals surface area contributed by atoms with E-state index in [0.29, 0.717) is 4.57 Å². The molecule has 1 aromatic carbocycles. The molecule has 2 aromatic rings. The Morgan fingerprint density at radius 2 is 2.03 bits per heavy atom. The highest BCUT2D eigenvalue weighted by Crippen LogP contribution is 2.47. The fourth-order valence-electron chi connectivity index (χ4n) is 3.39. The first-order valence-corrected chi connectivity index (χ1v) is 13.0. The number of esters is 1. The monoisotopic (exact) mass is 545 g/mol. The number of nitrogens with one attached hydrogen (secondary N) is 2. The number of benzene rings is 1. The summed E-state index contributed by atoms with van der Waals surface area (Å²) in [6, 6.07) is 5.77. The van der Waals surface area contributed by atoms with Crippen LogP contribution in [-0.2, 0) is 23.4 Å². The molecule has 3 N–H and O–H groups in total. The smallest absolute Gasteiger partial charge is 0.459 e. The molecule has 0 bridgehead atoms. The molecule has 1 saturated heterocycles. The van der Waals surface area contributed by atoms with Crippen molar-refractivity contribution < 1.29 is 40.1 Å². The third kappa shape index (κ3) is 7.14. The van der Waals surface area contributed by atoms with Gasteiger partial charge in [-0.05, 0) is 31.9 Å². The number of aliphatic hydroxyl groups is 1. The quantitative estimate of drug-likeness (QED) is 0.281. The molecule has 37 heavy (non-hydrogen) atoms. The van der Waals surface area contributed by atoms with Gasteiger partial charge >= 0.3 is 19.4 Å². The van der Waals surface area contributed by atoms with Crippen LogP contribution in [0.3, 0.4) is 0 Å². The van der Waals surface area contributed by atoms with E-state index in [9.17, 15) is 24.1 Å². The van der Waals surface area contributed by atoms with E-state index < -0.39 is 73.9 Å². The highest BCUT2D eigenvalue weighted by Gasteiger charge is 2.55. The Labute approximate surface area is 215 Å². The van der Waals surface area contributed by atoms with Gasteiger partial charge in [0.1, 0.15) is 24.0 Å². The van der Waals surface area contributed by atoms with Crippen molar-refractivity contribution in [3.05, 3.63) is 63.4 Å². The number of alkyl halides is 1. The van der Waals surface area contributed by atoms with Gasteiger partial charge < -0.3 is 19.1 Å². The highest BCUT2D eigenvalue weighted by atomic mass is 31.2. The Morgan fingerprint density at radius 1 is 1.35 bits per heavy atom. The van der Waals surface area contributed by atoms with Crippen molar-refractivity contribution in [1.82, 2.24) is 14.6 Å². The Hall–Kier alpha value is -2.83. The van der Waals surface area contributed by atoms with E-state index in [0.717, 1.165) is 6.92 Å². The molecule has 0 saturated carbocycles. The molecular formula is C23H31FN3O9P. The number of hydrogen-bond donors (Lipinski definition) is 3. The maximum Gasteiger partial charge on any atom is 0.459 e. The Balaban J connectivity index is 1.83. The lowest BCUT2D eigenvalue weighted by Crippen LogP contribution is -2.43. The SMILES string of the molecule is [2H]c1c([2H])n([C@@H]2O[C@H](COP(=O)(NC(C)C(=O)OCC(C)C)Oc3ccccc3)[C@@H](O)[C@@]2(C)F)c(=O)[nH]c1=O. The lowest BCUT2D eigenvalue weighted by atomic mass is 9.98. The van der Waals surface area contributed by atoms with Crippen LogP contribution in [0.15, 0.2) is 52.1 Å². The van der Waals surface area contributed by atoms with Crippen molar-refractivity contribution in [1.29, 1.82) is 0 Å². The first-order valence-electron chi connectivity index (χ1n) is 12.4. The zero-order valence-corrected chi connectivity index (χ0v) is 21.6. The second-order valence-electron chi connectivity index (χ2n) is 9.06. The fourth-order valence-corrected chi connectivity index (χ4v) is 4.89. The van der Waals surface area contributed by atoms with E-state index >= 15 is 4.39 Å². The van der Waals surface area contributed by atoms with Crippen LogP contribution in [0.2, 0.25) is 0 Å². The van der Waals surface area contributed by atoms with Crippen LogP contribution < -0.4 is 20.9 Å². The van der Waals surface area contributed by atoms with Crippen molar-refractivity contribution in [2.45, 2.75) is 57.8 Å². The second kappa shape index (κ2) is 11.7. The molecule has 14 heteroatoms. The summed E-state index contributed by atoms with van der Waals surface area (Å²) < 4.78 is 66.8. The number of halogens is 1. The summed E-state index contributed by atoms with van der Waals surface area (Å²) in [5.74, 6) is -0.567. The van der Waals surface area contributed by atoms with E-state index in [1.54, 1.807) is 23.2 Å². The van der Waals surface area contributed by atoms with Crippen LogP contribution in [-0.4, -0.2) is 57.8 Å². The maximum absolute atomic E-state index is 15.6. The highest BCUT2D eigenvalue weighted by molar-refractivity contribution is 7.52. The number of nitrogens with zero attached hydrogens (tertiary/aromatic N) is 1. The predicted molar refractivity (Wildman–Crippen MR) is 130 cm³/mol.